The molecule has 4 atom stereocenters. The maximum absolute atomic E-state index is 12.2. The Hall–Kier alpha value is -0.470. The lowest BCUT2D eigenvalue weighted by Crippen LogP contribution is -2.66. The van der Waals surface area contributed by atoms with E-state index in [0.717, 1.165) is 24.5 Å². The van der Waals surface area contributed by atoms with Crippen molar-refractivity contribution in [2.75, 3.05) is 13.1 Å². The van der Waals surface area contributed by atoms with Crippen LogP contribution in [0.15, 0.2) is 44.1 Å². The molecule has 13 heteroatoms. The lowest BCUT2D eigenvalue weighted by atomic mass is 10.1. The van der Waals surface area contributed by atoms with E-state index in [2.05, 4.69) is 22.0 Å². The third-order valence-corrected chi connectivity index (χ3v) is 11.9. The van der Waals surface area contributed by atoms with Crippen LogP contribution in [0.4, 0.5) is 5.69 Å². The number of rotatable bonds is 4. The third-order valence-electron chi connectivity index (χ3n) is 5.73. The number of aliphatic carboxylic acids is 1. The van der Waals surface area contributed by atoms with E-state index in [1.165, 1.54) is 11.8 Å². The van der Waals surface area contributed by atoms with E-state index in [4.69, 9.17) is 11.6 Å². The number of fused-ring (bicyclic) bond motifs is 3. The second kappa shape index (κ2) is 7.79. The molecule has 164 valence electrons. The van der Waals surface area contributed by atoms with Crippen LogP contribution in [-0.2, 0) is 14.9 Å². The van der Waals surface area contributed by atoms with Gasteiger partial charge in [-0.05, 0) is 69.4 Å². The van der Waals surface area contributed by atoms with Gasteiger partial charge in [-0.1, -0.05) is 11.6 Å². The van der Waals surface area contributed by atoms with E-state index >= 15 is 0 Å². The van der Waals surface area contributed by atoms with Crippen LogP contribution < -0.4 is 4.48 Å². The predicted molar refractivity (Wildman–Crippen MR) is 130 cm³/mol. The van der Waals surface area contributed by atoms with Gasteiger partial charge in [-0.3, -0.25) is 4.55 Å². The molecule has 0 aromatic heterocycles. The monoisotopic (exact) mass is 582 g/mol. The van der Waals surface area contributed by atoms with Crippen LogP contribution in [0.2, 0.25) is 5.02 Å². The highest BCUT2D eigenvalue weighted by Gasteiger charge is 2.62. The van der Waals surface area contributed by atoms with E-state index < -0.39 is 21.5 Å². The van der Waals surface area contributed by atoms with Crippen LogP contribution in [0.3, 0.4) is 0 Å². The minimum absolute atomic E-state index is 0.00756. The number of nitrogens with zero attached hydrogens (tertiary/aromatic N) is 2. The molecule has 1 aromatic rings. The molecule has 1 aromatic carbocycles. The Morgan fingerprint density at radius 2 is 2.16 bits per heavy atom. The van der Waals surface area contributed by atoms with Crippen LogP contribution in [0, 0.1) is 0 Å². The number of benzene rings is 1. The lowest BCUT2D eigenvalue weighted by Gasteiger charge is -2.47. The van der Waals surface area contributed by atoms with Crippen LogP contribution in [-0.4, -0.2) is 62.8 Å². The highest BCUT2D eigenvalue weighted by Crippen LogP contribution is 2.58. The maximum atomic E-state index is 12.2. The smallest absolute Gasteiger partial charge is 0.369 e. The van der Waals surface area contributed by atoms with Gasteiger partial charge in [0.1, 0.15) is 5.25 Å². The van der Waals surface area contributed by atoms with Gasteiger partial charge in [-0.2, -0.15) is 13.0 Å². The molecule has 2 N–H and O–H groups in total. The van der Waals surface area contributed by atoms with Gasteiger partial charge in [-0.15, -0.1) is 0 Å². The molecule has 1 fully saturated rings. The first kappa shape index (κ1) is 22.3. The van der Waals surface area contributed by atoms with Crippen molar-refractivity contribution in [3.8, 4) is 0 Å². The summed E-state index contributed by atoms with van der Waals surface area (Å²) in [6.07, 6.45) is 4.29. The Morgan fingerprint density at radius 1 is 1.39 bits per heavy atom. The average Bonchev–Trinajstić information content (AvgIpc) is 3.23. The van der Waals surface area contributed by atoms with Gasteiger partial charge in [0.25, 0.3) is 0 Å². The summed E-state index contributed by atoms with van der Waals surface area (Å²) in [6.45, 7) is 0.361. The van der Waals surface area contributed by atoms with Crippen LogP contribution in [0.1, 0.15) is 6.42 Å². The van der Waals surface area contributed by atoms with Gasteiger partial charge >= 0.3 is 16.1 Å². The summed E-state index contributed by atoms with van der Waals surface area (Å²) in [5, 5.41) is 10.5. The van der Waals surface area contributed by atoms with Crippen LogP contribution >= 0.6 is 62.8 Å². The summed E-state index contributed by atoms with van der Waals surface area (Å²) in [5.74, 6) is -0.932. The summed E-state index contributed by atoms with van der Waals surface area (Å²) < 4.78 is 37.2. The molecule has 0 amide bonds. The summed E-state index contributed by atoms with van der Waals surface area (Å²) in [4.78, 5) is 12.4. The van der Waals surface area contributed by atoms with Crippen molar-refractivity contribution in [2.24, 2.45) is 0 Å². The first-order valence-corrected chi connectivity index (χ1v) is 14.4. The fourth-order valence-corrected chi connectivity index (χ4v) is 11.0. The van der Waals surface area contributed by atoms with Gasteiger partial charge in [0.15, 0.2) is 10.7 Å². The number of hydrogen-bond acceptors (Lipinski definition) is 6. The molecule has 0 aliphatic carbocycles. The van der Waals surface area contributed by atoms with Gasteiger partial charge < -0.3 is 5.11 Å². The minimum Gasteiger partial charge on any atom is -0.477 e. The van der Waals surface area contributed by atoms with Gasteiger partial charge in [0.2, 0.25) is 22.3 Å². The van der Waals surface area contributed by atoms with Gasteiger partial charge in [0, 0.05) is 11.1 Å². The van der Waals surface area contributed by atoms with E-state index in [9.17, 15) is 22.9 Å². The molecule has 0 radical (unpaired) electrons. The SMILES string of the molecule is O=C(O)C[N+]1=C(C=C2Sc3ccc(Cl)cc3[N+]23CCC3S(=O)(=O)O)SC2C=C(Br)SC21. The van der Waals surface area contributed by atoms with E-state index in [-0.39, 0.29) is 21.7 Å². The molecule has 5 rings (SSSR count). The van der Waals surface area contributed by atoms with Crippen molar-refractivity contribution in [3.05, 3.63) is 44.2 Å². The Kier molecular flexibility index (Phi) is 5.61. The van der Waals surface area contributed by atoms with Gasteiger partial charge in [-0.25, -0.2) is 9.28 Å². The standard InChI is InChI=1S/C18H14BrClN2O5S4/c19-13-6-12-18(30-13)21(8-17(23)24)14(28-12)7-15-22(4-3-16(22)31(25,26)27)10-5-9(20)1-2-11(10)29-15/h1-2,5-7,12,16,18H,3-4,8H2/p+2. The zero-order valence-corrected chi connectivity index (χ0v) is 21.3. The van der Waals surface area contributed by atoms with Crippen molar-refractivity contribution < 1.29 is 27.4 Å². The van der Waals surface area contributed by atoms with Crippen molar-refractivity contribution in [2.45, 2.75) is 27.3 Å². The number of thioether (sulfide) groups is 3. The quantitative estimate of drug-likeness (QED) is 0.310. The van der Waals surface area contributed by atoms with Crippen LogP contribution in [0.25, 0.3) is 0 Å². The molecule has 1 saturated heterocycles. The molecular formula is C18H16BrClN2O5S4+2. The first-order chi connectivity index (χ1) is 14.6. The molecule has 4 aliphatic rings. The topological polar surface area (TPSA) is 94.7 Å². The Morgan fingerprint density at radius 3 is 2.81 bits per heavy atom. The molecule has 1 spiro atoms. The number of carbonyl (C=O) groups is 1. The molecule has 0 bridgehead atoms. The zero-order valence-electron chi connectivity index (χ0n) is 15.6. The van der Waals surface area contributed by atoms with E-state index in [1.54, 1.807) is 35.7 Å². The summed E-state index contributed by atoms with van der Waals surface area (Å²) >= 11 is 14.3. The average molecular weight is 584 g/mol. The predicted octanol–water partition coefficient (Wildman–Crippen LogP) is 4.13. The third kappa shape index (κ3) is 3.63. The minimum atomic E-state index is -4.30. The lowest BCUT2D eigenvalue weighted by molar-refractivity contribution is -0.523. The highest BCUT2D eigenvalue weighted by molar-refractivity contribution is 9.14. The fraction of sp³-hybridized carbons (Fsp3) is 0.333. The fourth-order valence-electron chi connectivity index (χ4n) is 4.38. The van der Waals surface area contributed by atoms with Crippen molar-refractivity contribution in [1.82, 2.24) is 4.48 Å². The molecule has 0 saturated carbocycles. The molecule has 4 unspecified atom stereocenters. The van der Waals surface area contributed by atoms with Gasteiger partial charge in [0.05, 0.1) is 27.8 Å². The zero-order chi connectivity index (χ0) is 22.1. The summed E-state index contributed by atoms with van der Waals surface area (Å²) in [5.41, 5.74) is 0.753. The van der Waals surface area contributed by atoms with Crippen molar-refractivity contribution in [1.29, 1.82) is 0 Å². The second-order valence-electron chi connectivity index (χ2n) is 7.47. The van der Waals surface area contributed by atoms with Crippen molar-refractivity contribution >= 4 is 89.6 Å². The molecule has 4 heterocycles. The number of carboxylic acid groups (broad SMARTS) is 1. The number of halogens is 2. The number of quaternary nitrogens is 1. The second-order valence-corrected chi connectivity index (χ2v) is 14.3. The molecule has 31 heavy (non-hydrogen) atoms. The van der Waals surface area contributed by atoms with E-state index in [1.807, 2.05) is 16.7 Å². The number of carboxylic acids is 1. The highest BCUT2D eigenvalue weighted by atomic mass is 79.9. The first-order valence-electron chi connectivity index (χ1n) is 9.20. The molecule has 4 aliphatic heterocycles. The molecular weight excluding hydrogens is 568 g/mol. The summed E-state index contributed by atoms with van der Waals surface area (Å²) in [6, 6.07) is 5.37. The number of hydrogen-bond donors (Lipinski definition) is 2. The van der Waals surface area contributed by atoms with Crippen molar-refractivity contribution in [3.63, 3.8) is 0 Å². The normalized spacial score (nSPS) is 32.9. The Labute approximate surface area is 205 Å². The largest absolute Gasteiger partial charge is 0.477 e. The van der Waals surface area contributed by atoms with Crippen LogP contribution in [0.5, 0.6) is 0 Å². The maximum Gasteiger partial charge on any atom is 0.369 e. The Balaban J connectivity index is 1.64. The molecule has 7 nitrogen and oxygen atoms in total. The summed E-state index contributed by atoms with van der Waals surface area (Å²) in [7, 11) is -4.30. The van der Waals surface area contributed by atoms with E-state index in [0.29, 0.717) is 18.0 Å². The Bertz CT molecular complexity index is 1220.